The molecule has 0 spiro atoms. The van der Waals surface area contributed by atoms with Gasteiger partial charge in [0.15, 0.2) is 0 Å². The fraction of sp³-hybridized carbons (Fsp3) is 0.400. The molecule has 0 fully saturated rings. The van der Waals surface area contributed by atoms with E-state index in [1.165, 1.54) is 5.56 Å². The maximum absolute atomic E-state index is 5.17. The van der Waals surface area contributed by atoms with Crippen molar-refractivity contribution in [3.05, 3.63) is 23.8 Å². The van der Waals surface area contributed by atoms with Crippen LogP contribution in [-0.4, -0.2) is 20.9 Å². The predicted octanol–water partition coefficient (Wildman–Crippen LogP) is 2.02. The molecule has 0 amide bonds. The van der Waals surface area contributed by atoms with Gasteiger partial charge in [-0.2, -0.15) is 0 Å². The van der Waals surface area contributed by atoms with Crippen molar-refractivity contribution >= 4 is 8.73 Å². The summed E-state index contributed by atoms with van der Waals surface area (Å²) in [7, 11) is 4.07. The Bertz CT molecular complexity index is 269. The minimum atomic E-state index is 0.747. The van der Waals surface area contributed by atoms with Crippen LogP contribution in [-0.2, 0) is 6.54 Å². The van der Waals surface area contributed by atoms with Crippen LogP contribution in [0.4, 0.5) is 0 Å². The first-order chi connectivity index (χ1) is 6.80. The van der Waals surface area contributed by atoms with Gasteiger partial charge in [-0.25, -0.2) is 0 Å². The van der Waals surface area contributed by atoms with Crippen molar-refractivity contribution in [3.8, 4) is 11.5 Å². The molecule has 0 bridgehead atoms. The molecule has 0 aromatic heterocycles. The third-order valence-corrected chi connectivity index (χ3v) is 2.41. The number of benzene rings is 1. The molecule has 1 aromatic rings. The van der Waals surface area contributed by atoms with Gasteiger partial charge in [0, 0.05) is 12.6 Å². The smallest absolute Gasteiger partial charge is 0.122 e. The molecule has 0 saturated carbocycles. The molecule has 0 heterocycles. The summed E-state index contributed by atoms with van der Waals surface area (Å²) in [6.07, 6.45) is 0. The van der Waals surface area contributed by atoms with Gasteiger partial charge in [0.1, 0.15) is 11.5 Å². The monoisotopic (exact) mass is 213 g/mol. The molecule has 0 aliphatic heterocycles. The van der Waals surface area contributed by atoms with E-state index in [9.17, 15) is 0 Å². The molecule has 0 radical (unpaired) electrons. The molecule has 4 heteroatoms. The number of methoxy groups -OCH3 is 2. The Hall–Kier alpha value is -0.790. The second kappa shape index (κ2) is 5.84. The lowest BCUT2D eigenvalue weighted by atomic mass is 10.2. The van der Waals surface area contributed by atoms with E-state index in [2.05, 4.69) is 11.8 Å². The Morgan fingerprint density at radius 3 is 2.14 bits per heavy atom. The minimum absolute atomic E-state index is 0.747. The molecule has 0 aliphatic rings. The Balaban J connectivity index is 2.81. The van der Waals surface area contributed by atoms with E-state index in [0.29, 0.717) is 0 Å². The maximum Gasteiger partial charge on any atom is 0.122 e. The molecule has 1 N–H and O–H groups in total. The zero-order valence-electron chi connectivity index (χ0n) is 8.76. The standard InChI is InChI=1S/C10H16NO2P/c1-12-9-4-8(7-11-14-3)5-10(6-9)13-2/h4-6,11,14H,7H2,1-3H3. The summed E-state index contributed by atoms with van der Waals surface area (Å²) < 4.78 is 10.3. The van der Waals surface area contributed by atoms with E-state index < -0.39 is 0 Å². The Morgan fingerprint density at radius 1 is 1.14 bits per heavy atom. The number of hydrogen-bond donors (Lipinski definition) is 1. The Labute approximate surface area is 86.6 Å². The summed E-state index contributed by atoms with van der Waals surface area (Å²) in [4.78, 5) is 0. The molecular weight excluding hydrogens is 197 g/mol. The maximum atomic E-state index is 5.17. The van der Waals surface area contributed by atoms with Crippen LogP contribution in [0, 0.1) is 0 Å². The first-order valence-corrected chi connectivity index (χ1v) is 5.91. The summed E-state index contributed by atoms with van der Waals surface area (Å²) in [5, 5.41) is 3.28. The highest BCUT2D eigenvalue weighted by molar-refractivity contribution is 7.34. The van der Waals surface area contributed by atoms with Crippen LogP contribution in [0.5, 0.6) is 11.5 Å². The van der Waals surface area contributed by atoms with Crippen molar-refractivity contribution in [2.45, 2.75) is 6.54 Å². The number of rotatable bonds is 5. The van der Waals surface area contributed by atoms with Crippen LogP contribution in [0.25, 0.3) is 0 Å². The first kappa shape index (κ1) is 11.3. The summed E-state index contributed by atoms with van der Waals surface area (Å²) in [5.41, 5.74) is 1.18. The molecule has 14 heavy (non-hydrogen) atoms. The number of ether oxygens (including phenoxy) is 2. The molecule has 0 aliphatic carbocycles. The molecule has 1 rings (SSSR count). The van der Waals surface area contributed by atoms with Gasteiger partial charge in [0.2, 0.25) is 0 Å². The van der Waals surface area contributed by atoms with E-state index in [4.69, 9.17) is 9.47 Å². The normalized spacial score (nSPS) is 10.8. The van der Waals surface area contributed by atoms with Crippen LogP contribution < -0.4 is 14.6 Å². The fourth-order valence-corrected chi connectivity index (χ4v) is 1.54. The summed E-state index contributed by atoms with van der Waals surface area (Å²) in [6, 6.07) is 5.89. The second-order valence-corrected chi connectivity index (χ2v) is 3.68. The second-order valence-electron chi connectivity index (χ2n) is 2.82. The van der Waals surface area contributed by atoms with E-state index in [-0.39, 0.29) is 0 Å². The summed E-state index contributed by atoms with van der Waals surface area (Å²) >= 11 is 0. The predicted molar refractivity (Wildman–Crippen MR) is 60.6 cm³/mol. The van der Waals surface area contributed by atoms with E-state index in [1.54, 1.807) is 14.2 Å². The Morgan fingerprint density at radius 2 is 1.71 bits per heavy atom. The first-order valence-electron chi connectivity index (χ1n) is 4.41. The van der Waals surface area contributed by atoms with Gasteiger partial charge >= 0.3 is 0 Å². The molecule has 3 nitrogen and oxygen atoms in total. The van der Waals surface area contributed by atoms with E-state index in [1.807, 2.05) is 18.2 Å². The molecule has 1 unspecified atom stereocenters. The van der Waals surface area contributed by atoms with Crippen molar-refractivity contribution in [1.82, 2.24) is 5.09 Å². The lowest BCUT2D eigenvalue weighted by Gasteiger charge is -2.08. The molecule has 78 valence electrons. The van der Waals surface area contributed by atoms with Crippen molar-refractivity contribution in [2.24, 2.45) is 0 Å². The quantitative estimate of drug-likeness (QED) is 0.759. The van der Waals surface area contributed by atoms with Crippen molar-refractivity contribution < 1.29 is 9.47 Å². The van der Waals surface area contributed by atoms with Gasteiger partial charge in [-0.1, -0.05) is 8.73 Å². The molecule has 1 aromatic carbocycles. The van der Waals surface area contributed by atoms with Gasteiger partial charge in [0.05, 0.1) is 14.2 Å². The van der Waals surface area contributed by atoms with Gasteiger partial charge in [-0.3, -0.25) is 5.09 Å². The molecule has 0 saturated heterocycles. The van der Waals surface area contributed by atoms with Crippen molar-refractivity contribution in [2.75, 3.05) is 20.9 Å². The van der Waals surface area contributed by atoms with Crippen molar-refractivity contribution in [1.29, 1.82) is 0 Å². The zero-order chi connectivity index (χ0) is 10.4. The highest BCUT2D eigenvalue weighted by Crippen LogP contribution is 2.22. The summed E-state index contributed by atoms with van der Waals surface area (Å²) in [6.45, 7) is 2.96. The highest BCUT2D eigenvalue weighted by atomic mass is 31.1. The lowest BCUT2D eigenvalue weighted by Crippen LogP contribution is -2.01. The van der Waals surface area contributed by atoms with Gasteiger partial charge in [0.25, 0.3) is 0 Å². The van der Waals surface area contributed by atoms with Gasteiger partial charge in [-0.05, 0) is 24.4 Å². The lowest BCUT2D eigenvalue weighted by molar-refractivity contribution is 0.393. The van der Waals surface area contributed by atoms with Crippen LogP contribution in [0.1, 0.15) is 5.56 Å². The van der Waals surface area contributed by atoms with Crippen LogP contribution >= 0.6 is 8.73 Å². The third kappa shape index (κ3) is 3.17. The number of hydrogen-bond acceptors (Lipinski definition) is 3. The average Bonchev–Trinajstić information content (AvgIpc) is 2.25. The zero-order valence-corrected chi connectivity index (χ0v) is 9.76. The molecule has 1 atom stereocenters. The van der Waals surface area contributed by atoms with Crippen LogP contribution in [0.3, 0.4) is 0 Å². The number of nitrogens with one attached hydrogen (secondary N) is 1. The van der Waals surface area contributed by atoms with Crippen LogP contribution in [0.2, 0.25) is 0 Å². The van der Waals surface area contributed by atoms with Gasteiger partial charge < -0.3 is 9.47 Å². The fourth-order valence-electron chi connectivity index (χ4n) is 1.16. The third-order valence-electron chi connectivity index (χ3n) is 1.88. The van der Waals surface area contributed by atoms with Crippen LogP contribution in [0.15, 0.2) is 18.2 Å². The van der Waals surface area contributed by atoms with Crippen molar-refractivity contribution in [3.63, 3.8) is 0 Å². The topological polar surface area (TPSA) is 30.5 Å². The SMILES string of the molecule is COc1cc(CNPC)cc(OC)c1. The molecular formula is C10H16NO2P. The summed E-state index contributed by atoms with van der Waals surface area (Å²) in [5.74, 6) is 1.67. The average molecular weight is 213 g/mol. The highest BCUT2D eigenvalue weighted by Gasteiger charge is 2.00. The van der Waals surface area contributed by atoms with Gasteiger partial charge in [-0.15, -0.1) is 0 Å². The van der Waals surface area contributed by atoms with E-state index in [0.717, 1.165) is 26.8 Å². The largest absolute Gasteiger partial charge is 0.497 e. The van der Waals surface area contributed by atoms with E-state index >= 15 is 0 Å². The Kier molecular flexibility index (Phi) is 4.71. The minimum Gasteiger partial charge on any atom is -0.497 e.